The molecule has 2 fully saturated rings. The normalized spacial score (nSPS) is 25.3. The Kier molecular flexibility index (Phi) is 6.66. The Balaban J connectivity index is 1.35. The van der Waals surface area contributed by atoms with Crippen LogP contribution in [0.3, 0.4) is 0 Å². The molecule has 2 aromatic carbocycles. The van der Waals surface area contributed by atoms with Crippen molar-refractivity contribution in [3.63, 3.8) is 0 Å². The lowest BCUT2D eigenvalue weighted by Gasteiger charge is -2.37. The van der Waals surface area contributed by atoms with Gasteiger partial charge in [-0.25, -0.2) is 0 Å². The first-order valence-corrected chi connectivity index (χ1v) is 12.9. The van der Waals surface area contributed by atoms with Crippen molar-refractivity contribution in [2.45, 2.75) is 26.4 Å². The van der Waals surface area contributed by atoms with Crippen molar-refractivity contribution in [2.24, 2.45) is 28.8 Å². The lowest BCUT2D eigenvalue weighted by molar-refractivity contribution is -0.140. The minimum atomic E-state index is -0.267. The highest BCUT2D eigenvalue weighted by molar-refractivity contribution is 14.1. The largest absolute Gasteiger partial charge is 0.490 e. The van der Waals surface area contributed by atoms with Gasteiger partial charge < -0.3 is 9.47 Å². The molecule has 4 aliphatic rings. The molecular formula is C26H24ClIN2O4. The lowest BCUT2D eigenvalue weighted by Crippen LogP contribution is -2.38. The topological polar surface area (TPSA) is 68.2 Å². The van der Waals surface area contributed by atoms with Crippen molar-refractivity contribution in [1.29, 1.82) is 0 Å². The van der Waals surface area contributed by atoms with Gasteiger partial charge in [-0.3, -0.25) is 9.59 Å². The lowest BCUT2D eigenvalue weighted by atomic mass is 9.63. The average Bonchev–Trinajstić information content (AvgIpc) is 3.11. The Morgan fingerprint density at radius 1 is 1.06 bits per heavy atom. The Morgan fingerprint density at radius 2 is 1.71 bits per heavy atom. The van der Waals surface area contributed by atoms with E-state index in [1.54, 1.807) is 6.21 Å². The van der Waals surface area contributed by atoms with Crippen LogP contribution < -0.4 is 9.47 Å². The molecule has 176 valence electrons. The second-order valence-corrected chi connectivity index (χ2v) is 10.4. The molecule has 1 heterocycles. The summed E-state index contributed by atoms with van der Waals surface area (Å²) in [7, 11) is 0. The molecule has 0 unspecified atom stereocenters. The van der Waals surface area contributed by atoms with Gasteiger partial charge >= 0.3 is 0 Å². The van der Waals surface area contributed by atoms with Gasteiger partial charge in [0.05, 0.1) is 28.2 Å². The number of carbonyl (C=O) groups excluding carboxylic acids is 2. The van der Waals surface area contributed by atoms with Gasteiger partial charge in [-0.2, -0.15) is 10.1 Å². The number of hydrogen-bond donors (Lipinski definition) is 0. The molecule has 3 aliphatic carbocycles. The number of halogens is 2. The third-order valence-corrected chi connectivity index (χ3v) is 7.74. The van der Waals surface area contributed by atoms with Crippen LogP contribution in [0.5, 0.6) is 11.5 Å². The van der Waals surface area contributed by atoms with Crippen LogP contribution in [0.1, 0.15) is 30.9 Å². The minimum Gasteiger partial charge on any atom is -0.490 e. The van der Waals surface area contributed by atoms with Crippen LogP contribution in [-0.2, 0) is 16.2 Å². The van der Waals surface area contributed by atoms with Crippen molar-refractivity contribution in [3.05, 3.63) is 68.3 Å². The molecule has 6 nitrogen and oxygen atoms in total. The number of ether oxygens (including phenoxy) is 2. The molecule has 1 aliphatic heterocycles. The molecule has 34 heavy (non-hydrogen) atoms. The Bertz CT molecular complexity index is 1150. The molecule has 2 amide bonds. The van der Waals surface area contributed by atoms with Gasteiger partial charge in [0.1, 0.15) is 6.61 Å². The van der Waals surface area contributed by atoms with E-state index >= 15 is 0 Å². The SMILES string of the molecule is CCOc1cc(/C=N\N2C(=O)[C@@H]3[C@H](C2=O)[C@@H]2C=C[C@@H]3CC2)cc(I)c1OCc1ccc(Cl)cc1. The van der Waals surface area contributed by atoms with Crippen LogP contribution in [0, 0.1) is 27.2 Å². The number of hydrazone groups is 1. The van der Waals surface area contributed by atoms with Gasteiger partial charge in [-0.1, -0.05) is 35.9 Å². The molecule has 6 rings (SSSR count). The predicted molar refractivity (Wildman–Crippen MR) is 138 cm³/mol. The third-order valence-electron chi connectivity index (χ3n) is 6.69. The summed E-state index contributed by atoms with van der Waals surface area (Å²) in [6.07, 6.45) is 7.69. The summed E-state index contributed by atoms with van der Waals surface area (Å²) >= 11 is 8.15. The summed E-state index contributed by atoms with van der Waals surface area (Å²) in [4.78, 5) is 26.0. The van der Waals surface area contributed by atoms with E-state index < -0.39 is 0 Å². The predicted octanol–water partition coefficient (Wildman–Crippen LogP) is 5.45. The molecule has 0 spiro atoms. The van der Waals surface area contributed by atoms with Crippen molar-refractivity contribution >= 4 is 52.2 Å². The fourth-order valence-corrected chi connectivity index (χ4v) is 6.01. The van der Waals surface area contributed by atoms with Crippen molar-refractivity contribution in [3.8, 4) is 11.5 Å². The van der Waals surface area contributed by atoms with E-state index in [4.69, 9.17) is 21.1 Å². The Labute approximate surface area is 217 Å². The second kappa shape index (κ2) is 9.70. The summed E-state index contributed by atoms with van der Waals surface area (Å²) in [5.41, 5.74) is 1.72. The summed E-state index contributed by atoms with van der Waals surface area (Å²) in [6, 6.07) is 11.2. The maximum Gasteiger partial charge on any atom is 0.254 e. The molecular weight excluding hydrogens is 567 g/mol. The van der Waals surface area contributed by atoms with Crippen molar-refractivity contribution in [2.75, 3.05) is 6.61 Å². The van der Waals surface area contributed by atoms with E-state index in [0.29, 0.717) is 29.7 Å². The number of fused-ring (bicyclic) bond motifs is 1. The standard InChI is InChI=1S/C26H24ClIN2O4/c1-2-33-21-12-16(11-20(28)24(21)34-14-15-3-9-19(27)10-4-15)13-29-30-25(31)22-17-5-6-18(8-7-17)23(22)26(30)32/h3-6,9-13,17-18,22-23H,2,7-8,14H2,1H3/b29-13-/t17-,18-,22-,23+/m1/s1. The molecule has 0 radical (unpaired) electrons. The smallest absolute Gasteiger partial charge is 0.254 e. The van der Waals surface area contributed by atoms with Crippen molar-refractivity contribution in [1.82, 2.24) is 5.01 Å². The number of imide groups is 1. The summed E-state index contributed by atoms with van der Waals surface area (Å²) in [5, 5.41) is 6.07. The van der Waals surface area contributed by atoms with E-state index in [1.807, 2.05) is 43.3 Å². The van der Waals surface area contributed by atoms with Crippen LogP contribution in [0.25, 0.3) is 0 Å². The molecule has 1 saturated carbocycles. The van der Waals surface area contributed by atoms with Crippen LogP contribution in [0.2, 0.25) is 5.02 Å². The minimum absolute atomic E-state index is 0.147. The van der Waals surface area contributed by atoms with Gasteiger partial charge in [0.25, 0.3) is 11.8 Å². The number of carbonyl (C=O) groups is 2. The zero-order valence-electron chi connectivity index (χ0n) is 18.6. The molecule has 4 atom stereocenters. The van der Waals surface area contributed by atoms with Crippen LogP contribution >= 0.6 is 34.2 Å². The monoisotopic (exact) mass is 590 g/mol. The average molecular weight is 591 g/mol. The van der Waals surface area contributed by atoms with Gasteiger partial charge in [0.2, 0.25) is 0 Å². The Morgan fingerprint density at radius 3 is 2.29 bits per heavy atom. The zero-order valence-corrected chi connectivity index (χ0v) is 21.5. The first kappa shape index (κ1) is 23.4. The Hall–Kier alpha value is -2.39. The van der Waals surface area contributed by atoms with Crippen LogP contribution in [-0.4, -0.2) is 29.6 Å². The second-order valence-electron chi connectivity index (χ2n) is 8.75. The first-order chi connectivity index (χ1) is 16.5. The van der Waals surface area contributed by atoms with Crippen molar-refractivity contribution < 1.29 is 19.1 Å². The fourth-order valence-electron chi connectivity index (χ4n) is 5.10. The number of hydrogen-bond acceptors (Lipinski definition) is 5. The van der Waals surface area contributed by atoms with Gasteiger partial charge in [-0.05, 0) is 89.6 Å². The molecule has 2 bridgehead atoms. The van der Waals surface area contributed by atoms with E-state index in [0.717, 1.165) is 32.5 Å². The highest BCUT2D eigenvalue weighted by Crippen LogP contribution is 2.49. The van der Waals surface area contributed by atoms with E-state index in [1.165, 1.54) is 0 Å². The maximum atomic E-state index is 13.0. The number of rotatable bonds is 7. The number of nitrogens with zero attached hydrogens (tertiary/aromatic N) is 2. The van der Waals surface area contributed by atoms with E-state index in [2.05, 4.69) is 39.8 Å². The fraction of sp³-hybridized carbons (Fsp3) is 0.346. The molecule has 8 heteroatoms. The number of allylic oxidation sites excluding steroid dienone is 2. The molecule has 0 N–H and O–H groups in total. The quantitative estimate of drug-likeness (QED) is 0.186. The number of amides is 2. The van der Waals surface area contributed by atoms with Gasteiger partial charge in [-0.15, -0.1) is 0 Å². The first-order valence-electron chi connectivity index (χ1n) is 11.4. The van der Waals surface area contributed by atoms with Crippen LogP contribution in [0.4, 0.5) is 0 Å². The maximum absolute atomic E-state index is 13.0. The third kappa shape index (κ3) is 4.35. The molecule has 0 aromatic heterocycles. The highest BCUT2D eigenvalue weighted by Gasteiger charge is 2.56. The molecule has 1 saturated heterocycles. The van der Waals surface area contributed by atoms with E-state index in [9.17, 15) is 9.59 Å². The summed E-state index contributed by atoms with van der Waals surface area (Å²) in [5.74, 6) is 0.605. The summed E-state index contributed by atoms with van der Waals surface area (Å²) < 4.78 is 12.7. The van der Waals surface area contributed by atoms with E-state index in [-0.39, 0.29) is 35.5 Å². The number of benzene rings is 2. The molecule has 2 aromatic rings. The van der Waals surface area contributed by atoms with Crippen LogP contribution in [0.15, 0.2) is 53.7 Å². The zero-order chi connectivity index (χ0) is 23.8. The highest BCUT2D eigenvalue weighted by atomic mass is 127. The van der Waals surface area contributed by atoms with Gasteiger partial charge in [0.15, 0.2) is 11.5 Å². The summed E-state index contributed by atoms with van der Waals surface area (Å²) in [6.45, 7) is 2.75. The van der Waals surface area contributed by atoms with Gasteiger partial charge in [0, 0.05) is 5.02 Å².